The average Bonchev–Trinajstić information content (AvgIpc) is 3.23. The SMILES string of the molecule is CCn1c2ccccc2c2cc(-c3nccn3CCNC(C)=O)ccc21. The number of rotatable bonds is 5. The summed E-state index contributed by atoms with van der Waals surface area (Å²) in [5.74, 6) is 0.908. The molecule has 1 N–H and O–H groups in total. The first-order chi connectivity index (χ1) is 12.7. The third-order valence-electron chi connectivity index (χ3n) is 4.79. The summed E-state index contributed by atoms with van der Waals surface area (Å²) >= 11 is 0. The van der Waals surface area contributed by atoms with Crippen molar-refractivity contribution in [1.29, 1.82) is 0 Å². The Bertz CT molecular complexity index is 1090. The zero-order valence-corrected chi connectivity index (χ0v) is 15.1. The second-order valence-corrected chi connectivity index (χ2v) is 6.42. The molecular formula is C21H22N4O. The molecule has 0 aliphatic rings. The van der Waals surface area contributed by atoms with Crippen LogP contribution in [0.25, 0.3) is 33.2 Å². The smallest absolute Gasteiger partial charge is 0.216 e. The maximum Gasteiger partial charge on any atom is 0.216 e. The molecule has 0 saturated heterocycles. The van der Waals surface area contributed by atoms with E-state index < -0.39 is 0 Å². The molecule has 132 valence electrons. The third-order valence-corrected chi connectivity index (χ3v) is 4.79. The van der Waals surface area contributed by atoms with Crippen LogP contribution in [-0.2, 0) is 17.9 Å². The van der Waals surface area contributed by atoms with Crippen molar-refractivity contribution < 1.29 is 4.79 Å². The summed E-state index contributed by atoms with van der Waals surface area (Å²) in [6.45, 7) is 5.94. The quantitative estimate of drug-likeness (QED) is 0.597. The average molecular weight is 346 g/mol. The number of aryl methyl sites for hydroxylation is 1. The van der Waals surface area contributed by atoms with Crippen LogP contribution in [0.5, 0.6) is 0 Å². The van der Waals surface area contributed by atoms with Crippen LogP contribution in [0.15, 0.2) is 54.9 Å². The molecule has 0 atom stereocenters. The Hall–Kier alpha value is -3.08. The van der Waals surface area contributed by atoms with Gasteiger partial charge in [-0.15, -0.1) is 0 Å². The van der Waals surface area contributed by atoms with Crippen molar-refractivity contribution in [2.75, 3.05) is 6.54 Å². The van der Waals surface area contributed by atoms with Gasteiger partial charge in [-0.05, 0) is 31.2 Å². The molecule has 0 aliphatic heterocycles. The number of carbonyl (C=O) groups is 1. The van der Waals surface area contributed by atoms with Crippen molar-refractivity contribution in [1.82, 2.24) is 19.4 Å². The first-order valence-corrected chi connectivity index (χ1v) is 8.96. The molecule has 0 unspecified atom stereocenters. The van der Waals surface area contributed by atoms with E-state index in [1.165, 1.54) is 28.7 Å². The van der Waals surface area contributed by atoms with Gasteiger partial charge in [0.2, 0.25) is 5.91 Å². The number of fused-ring (bicyclic) bond motifs is 3. The number of aromatic nitrogens is 3. The topological polar surface area (TPSA) is 51.9 Å². The van der Waals surface area contributed by atoms with Crippen LogP contribution < -0.4 is 5.32 Å². The van der Waals surface area contributed by atoms with Crippen LogP contribution in [0.2, 0.25) is 0 Å². The Morgan fingerprint density at radius 2 is 1.92 bits per heavy atom. The molecule has 26 heavy (non-hydrogen) atoms. The fourth-order valence-corrected chi connectivity index (χ4v) is 3.64. The lowest BCUT2D eigenvalue weighted by Crippen LogP contribution is -2.24. The van der Waals surface area contributed by atoms with Crippen molar-refractivity contribution in [3.8, 4) is 11.4 Å². The van der Waals surface area contributed by atoms with Gasteiger partial charge in [0.1, 0.15) is 5.82 Å². The van der Waals surface area contributed by atoms with E-state index in [1.54, 1.807) is 0 Å². The van der Waals surface area contributed by atoms with Crippen LogP contribution in [0.3, 0.4) is 0 Å². The number of para-hydroxylation sites is 1. The third kappa shape index (κ3) is 2.75. The maximum atomic E-state index is 11.1. The zero-order valence-electron chi connectivity index (χ0n) is 15.1. The van der Waals surface area contributed by atoms with E-state index in [2.05, 4.69) is 68.8 Å². The Labute approximate surface area is 152 Å². The fourth-order valence-electron chi connectivity index (χ4n) is 3.64. The molecular weight excluding hydrogens is 324 g/mol. The minimum atomic E-state index is -0.0135. The number of benzene rings is 2. The molecule has 5 nitrogen and oxygen atoms in total. The Balaban J connectivity index is 1.78. The predicted octanol–water partition coefficient (Wildman–Crippen LogP) is 3.81. The van der Waals surface area contributed by atoms with Crippen LogP contribution in [0, 0.1) is 0 Å². The molecule has 0 bridgehead atoms. The highest BCUT2D eigenvalue weighted by molar-refractivity contribution is 6.09. The van der Waals surface area contributed by atoms with E-state index in [-0.39, 0.29) is 5.91 Å². The minimum Gasteiger partial charge on any atom is -0.355 e. The highest BCUT2D eigenvalue weighted by Gasteiger charge is 2.12. The number of carbonyl (C=O) groups excluding carboxylic acids is 1. The molecule has 5 heteroatoms. The second kappa shape index (κ2) is 6.67. The van der Waals surface area contributed by atoms with E-state index in [0.717, 1.165) is 17.9 Å². The summed E-state index contributed by atoms with van der Waals surface area (Å²) in [7, 11) is 0. The van der Waals surface area contributed by atoms with Crippen LogP contribution in [-0.4, -0.2) is 26.6 Å². The minimum absolute atomic E-state index is 0.0135. The fraction of sp³-hybridized carbons (Fsp3) is 0.238. The summed E-state index contributed by atoms with van der Waals surface area (Å²) in [5.41, 5.74) is 3.59. The lowest BCUT2D eigenvalue weighted by atomic mass is 10.1. The van der Waals surface area contributed by atoms with E-state index in [0.29, 0.717) is 13.1 Å². The number of nitrogens with one attached hydrogen (secondary N) is 1. The second-order valence-electron chi connectivity index (χ2n) is 6.42. The molecule has 1 amide bonds. The molecule has 0 saturated carbocycles. The number of hydrogen-bond donors (Lipinski definition) is 1. The molecule has 4 aromatic rings. The van der Waals surface area contributed by atoms with E-state index in [1.807, 2.05) is 12.4 Å². The highest BCUT2D eigenvalue weighted by atomic mass is 16.1. The molecule has 0 radical (unpaired) electrons. The Morgan fingerprint density at radius 3 is 2.73 bits per heavy atom. The molecule has 2 aromatic heterocycles. The standard InChI is InChI=1S/C21H22N4O/c1-3-25-19-7-5-4-6-17(19)18-14-16(8-9-20(18)25)21-23-11-13-24(21)12-10-22-15(2)26/h4-9,11,13-14H,3,10,12H2,1-2H3,(H,22,26). The molecule has 2 heterocycles. The van der Waals surface area contributed by atoms with E-state index in [9.17, 15) is 4.79 Å². The van der Waals surface area contributed by atoms with Crippen molar-refractivity contribution in [3.63, 3.8) is 0 Å². The molecule has 0 fully saturated rings. The van der Waals surface area contributed by atoms with Crippen molar-refractivity contribution in [3.05, 3.63) is 54.9 Å². The van der Waals surface area contributed by atoms with Crippen LogP contribution in [0.1, 0.15) is 13.8 Å². The summed E-state index contributed by atoms with van der Waals surface area (Å²) in [4.78, 5) is 15.6. The number of amides is 1. The zero-order chi connectivity index (χ0) is 18.1. The predicted molar refractivity (Wildman–Crippen MR) is 105 cm³/mol. The lowest BCUT2D eigenvalue weighted by Gasteiger charge is -2.09. The van der Waals surface area contributed by atoms with Crippen LogP contribution in [0.4, 0.5) is 0 Å². The van der Waals surface area contributed by atoms with Gasteiger partial charge in [-0.2, -0.15) is 0 Å². The van der Waals surface area contributed by atoms with Gasteiger partial charge in [0, 0.05) is 66.3 Å². The Kier molecular flexibility index (Phi) is 4.21. The van der Waals surface area contributed by atoms with Crippen LogP contribution >= 0.6 is 0 Å². The first kappa shape index (κ1) is 16.4. The summed E-state index contributed by atoms with van der Waals surface area (Å²) in [6, 6.07) is 15.1. The van der Waals surface area contributed by atoms with Gasteiger partial charge < -0.3 is 14.5 Å². The van der Waals surface area contributed by atoms with Gasteiger partial charge in [0.05, 0.1) is 0 Å². The van der Waals surface area contributed by atoms with Gasteiger partial charge in [-0.3, -0.25) is 4.79 Å². The summed E-state index contributed by atoms with van der Waals surface area (Å²) in [5, 5.41) is 5.35. The summed E-state index contributed by atoms with van der Waals surface area (Å²) in [6.07, 6.45) is 3.76. The number of nitrogens with zero attached hydrogens (tertiary/aromatic N) is 3. The van der Waals surface area contributed by atoms with Gasteiger partial charge >= 0.3 is 0 Å². The van der Waals surface area contributed by atoms with E-state index >= 15 is 0 Å². The first-order valence-electron chi connectivity index (χ1n) is 8.96. The van der Waals surface area contributed by atoms with Crippen molar-refractivity contribution in [2.45, 2.75) is 26.9 Å². The highest BCUT2D eigenvalue weighted by Crippen LogP contribution is 2.32. The lowest BCUT2D eigenvalue weighted by molar-refractivity contribution is -0.118. The number of hydrogen-bond acceptors (Lipinski definition) is 2. The normalized spacial score (nSPS) is 11.3. The van der Waals surface area contributed by atoms with E-state index in [4.69, 9.17) is 0 Å². The number of imidazole rings is 1. The van der Waals surface area contributed by atoms with Gasteiger partial charge in [0.25, 0.3) is 0 Å². The molecule has 0 aliphatic carbocycles. The Morgan fingerprint density at radius 1 is 1.12 bits per heavy atom. The maximum absolute atomic E-state index is 11.1. The monoisotopic (exact) mass is 346 g/mol. The van der Waals surface area contributed by atoms with Gasteiger partial charge in [-0.25, -0.2) is 4.98 Å². The molecule has 0 spiro atoms. The van der Waals surface area contributed by atoms with Gasteiger partial charge in [-0.1, -0.05) is 18.2 Å². The largest absolute Gasteiger partial charge is 0.355 e. The molecule has 4 rings (SSSR count). The van der Waals surface area contributed by atoms with Gasteiger partial charge in [0.15, 0.2) is 0 Å². The van der Waals surface area contributed by atoms with Crippen molar-refractivity contribution in [2.24, 2.45) is 0 Å². The van der Waals surface area contributed by atoms with Crippen molar-refractivity contribution >= 4 is 27.7 Å². The molecule has 2 aromatic carbocycles. The summed E-state index contributed by atoms with van der Waals surface area (Å²) < 4.78 is 4.42.